The molecule has 1 atom stereocenters. The molecule has 0 bridgehead atoms. The van der Waals surface area contributed by atoms with Crippen molar-refractivity contribution in [1.29, 1.82) is 0 Å². The first-order valence-electron chi connectivity index (χ1n) is 5.31. The van der Waals surface area contributed by atoms with E-state index in [0.29, 0.717) is 16.0 Å². The average Bonchev–Trinajstić information content (AvgIpc) is 2.73. The maximum atomic E-state index is 11.6. The zero-order valence-corrected chi connectivity index (χ0v) is 11.7. The predicted octanol–water partition coefficient (Wildman–Crippen LogP) is -0.147. The van der Waals surface area contributed by atoms with Crippen molar-refractivity contribution < 1.29 is 9.59 Å². The van der Waals surface area contributed by atoms with Gasteiger partial charge in [-0.05, 0) is 13.8 Å². The minimum Gasteiger partial charge on any atom is -0.374 e. The minimum atomic E-state index is -0.544. The largest absolute Gasteiger partial charge is 0.374 e. The number of nitrogens with two attached hydrogens (primary N) is 1. The van der Waals surface area contributed by atoms with Crippen LogP contribution in [0.15, 0.2) is 4.34 Å². The SMILES string of the molecule is CCNC(=O)[C@@H](C)NC(=O)CSc1nnc(N)s1. The third-order valence-corrected chi connectivity index (χ3v) is 3.76. The number of thioether (sulfide) groups is 1. The van der Waals surface area contributed by atoms with Crippen LogP contribution < -0.4 is 16.4 Å². The molecule has 0 spiro atoms. The average molecular weight is 289 g/mol. The van der Waals surface area contributed by atoms with Gasteiger partial charge >= 0.3 is 0 Å². The molecule has 1 rings (SSSR count). The van der Waals surface area contributed by atoms with Gasteiger partial charge in [0.05, 0.1) is 5.75 Å². The van der Waals surface area contributed by atoms with Gasteiger partial charge in [-0.15, -0.1) is 10.2 Å². The zero-order chi connectivity index (χ0) is 13.5. The van der Waals surface area contributed by atoms with Gasteiger partial charge in [0.1, 0.15) is 6.04 Å². The van der Waals surface area contributed by atoms with E-state index in [0.717, 1.165) is 0 Å². The summed E-state index contributed by atoms with van der Waals surface area (Å²) in [6.07, 6.45) is 0. The van der Waals surface area contributed by atoms with Gasteiger partial charge in [0.2, 0.25) is 16.9 Å². The van der Waals surface area contributed by atoms with Crippen LogP contribution >= 0.6 is 23.1 Å². The number of amides is 2. The van der Waals surface area contributed by atoms with Crippen LogP contribution in [0.2, 0.25) is 0 Å². The van der Waals surface area contributed by atoms with E-state index in [1.54, 1.807) is 6.92 Å². The Hall–Kier alpha value is -1.35. The van der Waals surface area contributed by atoms with E-state index >= 15 is 0 Å². The molecular weight excluding hydrogens is 274 g/mol. The number of carbonyl (C=O) groups excluding carboxylic acids is 2. The van der Waals surface area contributed by atoms with Gasteiger partial charge in [-0.3, -0.25) is 9.59 Å². The summed E-state index contributed by atoms with van der Waals surface area (Å²) in [4.78, 5) is 22.9. The van der Waals surface area contributed by atoms with Crippen LogP contribution in [-0.4, -0.2) is 40.4 Å². The molecule has 9 heteroatoms. The monoisotopic (exact) mass is 289 g/mol. The summed E-state index contributed by atoms with van der Waals surface area (Å²) in [6, 6.07) is -0.544. The summed E-state index contributed by atoms with van der Waals surface area (Å²) in [5.41, 5.74) is 5.42. The standard InChI is InChI=1S/C9H15N5O2S2/c1-3-11-7(16)5(2)12-6(15)4-17-9-14-13-8(10)18-9/h5H,3-4H2,1-2H3,(H2,10,13)(H,11,16)(H,12,15)/t5-/m1/s1. The minimum absolute atomic E-state index is 0.179. The number of aromatic nitrogens is 2. The van der Waals surface area contributed by atoms with Crippen molar-refractivity contribution in [2.75, 3.05) is 18.0 Å². The molecule has 0 unspecified atom stereocenters. The Kier molecular flexibility index (Phi) is 5.86. The van der Waals surface area contributed by atoms with Gasteiger partial charge in [-0.1, -0.05) is 23.1 Å². The quantitative estimate of drug-likeness (QED) is 0.628. The summed E-state index contributed by atoms with van der Waals surface area (Å²) >= 11 is 2.46. The Bertz CT molecular complexity index is 423. The fourth-order valence-corrected chi connectivity index (χ4v) is 2.53. The smallest absolute Gasteiger partial charge is 0.242 e. The lowest BCUT2D eigenvalue weighted by Gasteiger charge is -2.12. The number of nitrogens with zero attached hydrogens (tertiary/aromatic N) is 2. The van der Waals surface area contributed by atoms with Gasteiger partial charge in [-0.25, -0.2) is 0 Å². The summed E-state index contributed by atoms with van der Waals surface area (Å²) in [5, 5.41) is 13.0. The van der Waals surface area contributed by atoms with E-state index in [9.17, 15) is 9.59 Å². The van der Waals surface area contributed by atoms with E-state index in [2.05, 4.69) is 20.8 Å². The second kappa shape index (κ2) is 7.17. The van der Waals surface area contributed by atoms with Crippen molar-refractivity contribution in [2.24, 2.45) is 0 Å². The highest BCUT2D eigenvalue weighted by molar-refractivity contribution is 8.01. The normalized spacial score (nSPS) is 11.9. The lowest BCUT2D eigenvalue weighted by atomic mass is 10.3. The molecule has 2 amide bonds. The van der Waals surface area contributed by atoms with E-state index in [4.69, 9.17) is 5.73 Å². The molecule has 0 radical (unpaired) electrons. The van der Waals surface area contributed by atoms with Crippen LogP contribution in [0, 0.1) is 0 Å². The fourth-order valence-electron chi connectivity index (χ4n) is 1.08. The van der Waals surface area contributed by atoms with Gasteiger partial charge in [0.15, 0.2) is 4.34 Å². The lowest BCUT2D eigenvalue weighted by Crippen LogP contribution is -2.45. The summed E-state index contributed by atoms with van der Waals surface area (Å²) in [7, 11) is 0. The molecule has 1 aromatic rings. The molecule has 1 aromatic heterocycles. The van der Waals surface area contributed by atoms with Crippen LogP contribution in [0.4, 0.5) is 5.13 Å². The van der Waals surface area contributed by atoms with Gasteiger partial charge in [-0.2, -0.15) is 0 Å². The predicted molar refractivity (Wildman–Crippen MR) is 71.3 cm³/mol. The van der Waals surface area contributed by atoms with Crippen molar-refractivity contribution >= 4 is 40.0 Å². The highest BCUT2D eigenvalue weighted by Gasteiger charge is 2.15. The first-order chi connectivity index (χ1) is 8.52. The lowest BCUT2D eigenvalue weighted by molar-refractivity contribution is -0.127. The number of hydrogen-bond donors (Lipinski definition) is 3. The second-order valence-corrected chi connectivity index (χ2v) is 5.61. The molecular formula is C9H15N5O2S2. The first-order valence-corrected chi connectivity index (χ1v) is 7.12. The molecule has 0 fully saturated rings. The zero-order valence-electron chi connectivity index (χ0n) is 10.1. The van der Waals surface area contributed by atoms with Crippen molar-refractivity contribution in [2.45, 2.75) is 24.2 Å². The van der Waals surface area contributed by atoms with E-state index in [-0.39, 0.29) is 17.6 Å². The maximum Gasteiger partial charge on any atom is 0.242 e. The van der Waals surface area contributed by atoms with Crippen LogP contribution in [0.3, 0.4) is 0 Å². The first kappa shape index (κ1) is 14.7. The van der Waals surface area contributed by atoms with Crippen LogP contribution in [0.5, 0.6) is 0 Å². The second-order valence-electron chi connectivity index (χ2n) is 3.38. The van der Waals surface area contributed by atoms with Gasteiger partial charge < -0.3 is 16.4 Å². The number of nitrogen functional groups attached to an aromatic ring is 1. The van der Waals surface area contributed by atoms with Crippen LogP contribution in [0.25, 0.3) is 0 Å². The Balaban J connectivity index is 2.31. The Morgan fingerprint density at radius 2 is 2.22 bits per heavy atom. The maximum absolute atomic E-state index is 11.6. The topological polar surface area (TPSA) is 110 Å². The molecule has 0 aliphatic carbocycles. The molecule has 100 valence electrons. The Morgan fingerprint density at radius 1 is 1.50 bits per heavy atom. The highest BCUT2D eigenvalue weighted by Crippen LogP contribution is 2.22. The third-order valence-electron chi connectivity index (χ3n) is 1.87. The molecule has 0 aromatic carbocycles. The van der Waals surface area contributed by atoms with E-state index in [1.807, 2.05) is 6.92 Å². The van der Waals surface area contributed by atoms with Crippen molar-refractivity contribution in [3.8, 4) is 0 Å². The highest BCUT2D eigenvalue weighted by atomic mass is 32.2. The molecule has 1 heterocycles. The van der Waals surface area contributed by atoms with E-state index in [1.165, 1.54) is 23.1 Å². The fraction of sp³-hybridized carbons (Fsp3) is 0.556. The van der Waals surface area contributed by atoms with E-state index < -0.39 is 6.04 Å². The summed E-state index contributed by atoms with van der Waals surface area (Å²) in [5.74, 6) is -0.248. The number of rotatable bonds is 6. The number of likely N-dealkylation sites (N-methyl/N-ethyl adjacent to an activating group) is 1. The molecule has 18 heavy (non-hydrogen) atoms. The van der Waals surface area contributed by atoms with Gasteiger partial charge in [0.25, 0.3) is 0 Å². The van der Waals surface area contributed by atoms with Gasteiger partial charge in [0, 0.05) is 6.54 Å². The number of hydrogen-bond acceptors (Lipinski definition) is 7. The molecule has 0 saturated heterocycles. The Labute approximate surface area is 113 Å². The van der Waals surface area contributed by atoms with Crippen molar-refractivity contribution in [3.05, 3.63) is 0 Å². The van der Waals surface area contributed by atoms with Crippen molar-refractivity contribution in [3.63, 3.8) is 0 Å². The molecule has 0 saturated carbocycles. The summed E-state index contributed by atoms with van der Waals surface area (Å²) < 4.78 is 0.633. The Morgan fingerprint density at radius 3 is 2.78 bits per heavy atom. The summed E-state index contributed by atoms with van der Waals surface area (Å²) in [6.45, 7) is 4.00. The molecule has 4 N–H and O–H groups in total. The number of anilines is 1. The molecule has 0 aliphatic rings. The van der Waals surface area contributed by atoms with Crippen molar-refractivity contribution in [1.82, 2.24) is 20.8 Å². The van der Waals surface area contributed by atoms with Crippen LogP contribution in [0.1, 0.15) is 13.8 Å². The van der Waals surface area contributed by atoms with Crippen LogP contribution in [-0.2, 0) is 9.59 Å². The number of nitrogens with one attached hydrogen (secondary N) is 2. The third kappa shape index (κ3) is 4.88. The number of carbonyl (C=O) groups is 2. The molecule has 7 nitrogen and oxygen atoms in total. The molecule has 0 aliphatic heterocycles.